The molecule has 0 spiro atoms. The summed E-state index contributed by atoms with van der Waals surface area (Å²) in [6.45, 7) is 6.04. The molecule has 184 valence electrons. The van der Waals surface area contributed by atoms with E-state index in [2.05, 4.69) is 17.2 Å². The normalized spacial score (nSPS) is 28.9. The van der Waals surface area contributed by atoms with E-state index in [0.29, 0.717) is 6.61 Å². The molecule has 4 aliphatic rings. The lowest BCUT2D eigenvalue weighted by molar-refractivity contribution is 0.0154. The number of carbonyl (C=O) groups excluding carboxylic acids is 1. The van der Waals surface area contributed by atoms with Gasteiger partial charge in [0.2, 0.25) is 5.82 Å². The van der Waals surface area contributed by atoms with Crippen LogP contribution in [-0.2, 0) is 10.2 Å². The molecule has 2 saturated carbocycles. The van der Waals surface area contributed by atoms with Crippen molar-refractivity contribution in [1.82, 2.24) is 14.0 Å². The van der Waals surface area contributed by atoms with Crippen molar-refractivity contribution < 1.29 is 23.0 Å². The number of hydrogen-bond acceptors (Lipinski definition) is 5. The minimum Gasteiger partial charge on any atom is -0.487 e. The molecule has 0 radical (unpaired) electrons. The van der Waals surface area contributed by atoms with Gasteiger partial charge in [-0.05, 0) is 45.7 Å². The second-order valence-electron chi connectivity index (χ2n) is 10.5. The smallest absolute Gasteiger partial charge is 0.274 e. The summed E-state index contributed by atoms with van der Waals surface area (Å²) in [5.74, 6) is -1.69. The highest BCUT2D eigenvalue weighted by Gasteiger charge is 2.61. The molecule has 4 fully saturated rings. The fourth-order valence-corrected chi connectivity index (χ4v) is 5.49. The van der Waals surface area contributed by atoms with Crippen LogP contribution in [0.2, 0.25) is 0 Å². The number of hydrogen-bond donors (Lipinski definition) is 1. The van der Waals surface area contributed by atoms with E-state index in [1.807, 2.05) is 0 Å². The van der Waals surface area contributed by atoms with E-state index in [-0.39, 0.29) is 40.1 Å². The number of carbonyl (C=O) groups is 1. The fourth-order valence-electron chi connectivity index (χ4n) is 5.49. The molecule has 2 aliphatic carbocycles. The van der Waals surface area contributed by atoms with Crippen molar-refractivity contribution in [3.8, 4) is 5.75 Å². The molecule has 5 heterocycles. The summed E-state index contributed by atoms with van der Waals surface area (Å²) >= 11 is 0. The van der Waals surface area contributed by atoms with Crippen LogP contribution in [0.4, 0.5) is 14.5 Å². The minimum atomic E-state index is -1.07. The summed E-state index contributed by atoms with van der Waals surface area (Å²) in [7, 11) is 0. The summed E-state index contributed by atoms with van der Waals surface area (Å²) < 4.78 is 43.5. The van der Waals surface area contributed by atoms with E-state index >= 15 is 4.39 Å². The number of rotatable bonds is 6. The van der Waals surface area contributed by atoms with Gasteiger partial charge < -0.3 is 23.8 Å². The van der Waals surface area contributed by atoms with Crippen molar-refractivity contribution in [3.63, 3.8) is 0 Å². The first-order valence-corrected chi connectivity index (χ1v) is 11.8. The van der Waals surface area contributed by atoms with Gasteiger partial charge in [0.25, 0.3) is 11.5 Å². The molecule has 3 aromatic heterocycles. The predicted molar refractivity (Wildman–Crippen MR) is 123 cm³/mol. The summed E-state index contributed by atoms with van der Waals surface area (Å²) in [4.78, 5) is 30.6. The predicted octanol–water partition coefficient (Wildman–Crippen LogP) is 3.78. The molecule has 0 aromatic carbocycles. The van der Waals surface area contributed by atoms with Gasteiger partial charge in [-0.15, -0.1) is 0 Å². The lowest BCUT2D eigenvalue weighted by atomic mass is 9.62. The van der Waals surface area contributed by atoms with Crippen LogP contribution in [0.15, 0.2) is 35.5 Å². The highest BCUT2D eigenvalue weighted by molar-refractivity contribution is 6.06. The van der Waals surface area contributed by atoms with Crippen LogP contribution in [0.3, 0.4) is 0 Å². The number of alkyl halides is 1. The molecular formula is C25H26F2N4O4. The van der Waals surface area contributed by atoms with Gasteiger partial charge in [0.15, 0.2) is 11.4 Å². The fraction of sp³-hybridized carbons (Fsp3) is 0.480. The first-order chi connectivity index (χ1) is 16.6. The third kappa shape index (κ3) is 3.45. The Morgan fingerprint density at radius 3 is 2.71 bits per heavy atom. The number of fused-ring (bicyclic) bond motifs is 2. The van der Waals surface area contributed by atoms with Crippen molar-refractivity contribution >= 4 is 17.2 Å². The Bertz CT molecular complexity index is 1420. The molecule has 2 saturated heterocycles. The Hall–Kier alpha value is -3.27. The Kier molecular flexibility index (Phi) is 4.67. The van der Waals surface area contributed by atoms with E-state index < -0.39 is 35.6 Å². The highest BCUT2D eigenvalue weighted by Crippen LogP contribution is 2.58. The van der Waals surface area contributed by atoms with Crippen LogP contribution in [-0.4, -0.2) is 44.3 Å². The molecule has 3 aromatic rings. The number of pyridine rings is 2. The number of halogens is 2. The molecule has 0 unspecified atom stereocenters. The zero-order chi connectivity index (χ0) is 24.7. The number of amides is 1. The van der Waals surface area contributed by atoms with E-state index in [1.165, 1.54) is 27.4 Å². The molecule has 2 atom stereocenters. The van der Waals surface area contributed by atoms with Crippen molar-refractivity contribution in [2.75, 3.05) is 11.9 Å². The molecular weight excluding hydrogens is 458 g/mol. The molecule has 2 aliphatic heterocycles. The van der Waals surface area contributed by atoms with Crippen molar-refractivity contribution in [2.45, 2.75) is 69.4 Å². The zero-order valence-corrected chi connectivity index (χ0v) is 19.7. The first kappa shape index (κ1) is 22.2. The second-order valence-corrected chi connectivity index (χ2v) is 10.5. The maximum absolute atomic E-state index is 15.7. The lowest BCUT2D eigenvalue weighted by Gasteiger charge is -2.41. The third-order valence-electron chi connectivity index (χ3n) is 7.16. The monoisotopic (exact) mass is 484 g/mol. The second kappa shape index (κ2) is 7.36. The average molecular weight is 485 g/mol. The molecule has 8 nitrogen and oxygen atoms in total. The Morgan fingerprint density at radius 1 is 1.34 bits per heavy atom. The molecule has 7 rings (SSSR count). The number of ether oxygens (including phenoxy) is 2. The molecule has 1 amide bonds. The van der Waals surface area contributed by atoms with Crippen LogP contribution in [0, 0.1) is 5.82 Å². The maximum Gasteiger partial charge on any atom is 0.274 e. The number of aromatic nitrogens is 3. The number of nitrogens with zero attached hydrogens (tertiary/aromatic N) is 3. The summed E-state index contributed by atoms with van der Waals surface area (Å²) in [6.07, 6.45) is 5.09. The van der Waals surface area contributed by atoms with Crippen molar-refractivity contribution in [3.05, 3.63) is 58.2 Å². The number of nitrogens with one attached hydrogen (secondary N) is 1. The van der Waals surface area contributed by atoms with Crippen molar-refractivity contribution in [1.29, 1.82) is 0 Å². The zero-order valence-electron chi connectivity index (χ0n) is 19.7. The number of imidazole rings is 1. The topological polar surface area (TPSA) is 86.9 Å². The van der Waals surface area contributed by atoms with Gasteiger partial charge in [0.1, 0.15) is 17.4 Å². The van der Waals surface area contributed by atoms with E-state index in [9.17, 15) is 14.0 Å². The van der Waals surface area contributed by atoms with Gasteiger partial charge in [-0.3, -0.25) is 9.59 Å². The van der Waals surface area contributed by atoms with Crippen LogP contribution < -0.4 is 15.6 Å². The Morgan fingerprint density at radius 2 is 2.09 bits per heavy atom. The Labute approximate surface area is 199 Å². The van der Waals surface area contributed by atoms with Gasteiger partial charge in [-0.1, -0.05) is 0 Å². The first-order valence-electron chi connectivity index (χ1n) is 11.8. The van der Waals surface area contributed by atoms with Crippen LogP contribution in [0.5, 0.6) is 5.75 Å². The highest BCUT2D eigenvalue weighted by atomic mass is 19.1. The molecule has 1 N–H and O–H groups in total. The van der Waals surface area contributed by atoms with Gasteiger partial charge in [-0.2, -0.15) is 4.39 Å². The van der Waals surface area contributed by atoms with Crippen LogP contribution in [0.25, 0.3) is 5.65 Å². The van der Waals surface area contributed by atoms with Crippen LogP contribution in [0.1, 0.15) is 62.1 Å². The number of anilines is 1. The average Bonchev–Trinajstić information content (AvgIpc) is 3.11. The molecule has 2 bridgehead atoms. The minimum absolute atomic E-state index is 0.0188. The standard InChI is InChI=1S/C25H26F2N4O4/c1-13(2)35-20-14(22(32)28-16-5-4-6-31(23(16)33)17-7-15(17)26)8-30-9-18(29-21(30)19(20)27)25-10-24(3,11-25)34-12-25/h4-6,8-9,13,15,17H,7,10-12H2,1-3H3,(H,28,32)/t15-,17+,24?,25?/m1/s1. The van der Waals surface area contributed by atoms with Crippen molar-refractivity contribution in [2.24, 2.45) is 0 Å². The Balaban J connectivity index is 1.39. The SMILES string of the molecule is CC(C)Oc1c(C(=O)Nc2cccn([C@H]3C[C@H]3F)c2=O)cn2cc(C34COC(C)(C3)C4)nc2c1F. The largest absolute Gasteiger partial charge is 0.487 e. The van der Waals surface area contributed by atoms with E-state index in [1.54, 1.807) is 26.1 Å². The lowest BCUT2D eigenvalue weighted by Crippen LogP contribution is -2.45. The maximum atomic E-state index is 15.7. The van der Waals surface area contributed by atoms with Gasteiger partial charge >= 0.3 is 0 Å². The molecule has 10 heteroatoms. The van der Waals surface area contributed by atoms with Gasteiger partial charge in [0, 0.05) is 30.4 Å². The van der Waals surface area contributed by atoms with Gasteiger partial charge in [0.05, 0.1) is 30.0 Å². The third-order valence-corrected chi connectivity index (χ3v) is 7.16. The van der Waals surface area contributed by atoms with Crippen LogP contribution >= 0.6 is 0 Å². The molecule has 35 heavy (non-hydrogen) atoms. The van der Waals surface area contributed by atoms with Gasteiger partial charge in [-0.25, -0.2) is 9.37 Å². The van der Waals surface area contributed by atoms with E-state index in [4.69, 9.17) is 9.47 Å². The summed E-state index contributed by atoms with van der Waals surface area (Å²) in [6, 6.07) is 2.48. The summed E-state index contributed by atoms with van der Waals surface area (Å²) in [5, 5.41) is 2.56. The quantitative estimate of drug-likeness (QED) is 0.576. The summed E-state index contributed by atoms with van der Waals surface area (Å²) in [5.41, 5.74) is -0.234. The van der Waals surface area contributed by atoms with E-state index in [0.717, 1.165) is 18.5 Å².